The lowest BCUT2D eigenvalue weighted by Crippen LogP contribution is -2.26. The lowest BCUT2D eigenvalue weighted by Gasteiger charge is -2.21. The summed E-state index contributed by atoms with van der Waals surface area (Å²) < 4.78 is 29.9. The van der Waals surface area contributed by atoms with E-state index in [9.17, 15) is 14.0 Å². The van der Waals surface area contributed by atoms with E-state index in [1.165, 1.54) is 12.1 Å². The molecule has 0 saturated heterocycles. The van der Waals surface area contributed by atoms with Crippen molar-refractivity contribution in [2.24, 2.45) is 0 Å². The van der Waals surface area contributed by atoms with Crippen molar-refractivity contribution < 1.29 is 28.2 Å². The zero-order valence-electron chi connectivity index (χ0n) is 18.1. The van der Waals surface area contributed by atoms with Crippen molar-refractivity contribution >= 4 is 22.9 Å². The minimum absolute atomic E-state index is 0.0244. The fraction of sp³-hybridized carbons (Fsp3) is 0.280. The van der Waals surface area contributed by atoms with Gasteiger partial charge >= 0.3 is 12.1 Å². The van der Waals surface area contributed by atoms with Gasteiger partial charge in [0.2, 0.25) is 0 Å². The minimum atomic E-state index is -0.858. The molecule has 0 atom stereocenters. The van der Waals surface area contributed by atoms with Crippen LogP contribution in [-0.4, -0.2) is 17.7 Å². The average molecular weight is 422 g/mol. The van der Waals surface area contributed by atoms with Crippen LogP contribution in [0.1, 0.15) is 47.8 Å². The maximum Gasteiger partial charge on any atom is 0.514 e. The smallest absolute Gasteiger partial charge is 0.457 e. The molecule has 0 aliphatic carbocycles. The third-order valence-electron chi connectivity index (χ3n) is 5.23. The molecule has 4 rings (SSSR count). The van der Waals surface area contributed by atoms with E-state index in [1.807, 2.05) is 26.0 Å². The van der Waals surface area contributed by atoms with E-state index in [4.69, 9.17) is 14.2 Å². The van der Waals surface area contributed by atoms with Crippen molar-refractivity contribution in [1.82, 2.24) is 0 Å². The Kier molecular flexibility index (Phi) is 4.96. The summed E-state index contributed by atoms with van der Waals surface area (Å²) in [6, 6.07) is 9.80. The first kappa shape index (κ1) is 20.8. The molecule has 0 bridgehead atoms. The lowest BCUT2D eigenvalue weighted by molar-refractivity contribution is 0.0206. The largest absolute Gasteiger partial charge is 0.514 e. The van der Waals surface area contributed by atoms with Crippen LogP contribution in [-0.2, 0) is 16.1 Å². The monoisotopic (exact) mass is 422 g/mol. The summed E-state index contributed by atoms with van der Waals surface area (Å²) in [6.07, 6.45) is -0.858. The Balaban J connectivity index is 2.03. The van der Waals surface area contributed by atoms with Crippen LogP contribution < -0.4 is 4.74 Å². The predicted octanol–water partition coefficient (Wildman–Crippen LogP) is 6.25. The molecular weight excluding hydrogens is 399 g/mol. The molecule has 0 saturated carbocycles. The third kappa shape index (κ3) is 3.85. The third-order valence-corrected chi connectivity index (χ3v) is 5.23. The highest BCUT2D eigenvalue weighted by molar-refractivity contribution is 6.13. The number of benzene rings is 3. The number of aryl methyl sites for hydroxylation is 2. The highest BCUT2D eigenvalue weighted by atomic mass is 19.1. The van der Waals surface area contributed by atoms with Crippen molar-refractivity contribution in [3.05, 3.63) is 64.5 Å². The Morgan fingerprint density at radius 1 is 1.00 bits per heavy atom. The van der Waals surface area contributed by atoms with Gasteiger partial charge in [-0.25, -0.2) is 14.0 Å². The molecule has 6 heteroatoms. The number of halogens is 1. The molecule has 31 heavy (non-hydrogen) atoms. The van der Waals surface area contributed by atoms with Crippen molar-refractivity contribution in [2.75, 3.05) is 0 Å². The zero-order valence-corrected chi connectivity index (χ0v) is 18.1. The summed E-state index contributed by atoms with van der Waals surface area (Å²) in [5, 5.41) is 1.37. The Morgan fingerprint density at radius 3 is 2.23 bits per heavy atom. The normalized spacial score (nSPS) is 13.2. The zero-order chi connectivity index (χ0) is 22.5. The van der Waals surface area contributed by atoms with Gasteiger partial charge in [-0.05, 0) is 74.9 Å². The number of rotatable bonds is 2. The van der Waals surface area contributed by atoms with E-state index >= 15 is 0 Å². The molecule has 3 aromatic rings. The maximum atomic E-state index is 13.6. The molecule has 0 radical (unpaired) electrons. The van der Waals surface area contributed by atoms with Crippen LogP contribution >= 0.6 is 0 Å². The number of carbonyl (C=O) groups is 2. The molecule has 0 N–H and O–H groups in total. The van der Waals surface area contributed by atoms with E-state index < -0.39 is 17.7 Å². The molecule has 0 unspecified atom stereocenters. The molecule has 0 fully saturated rings. The van der Waals surface area contributed by atoms with E-state index in [0.29, 0.717) is 33.0 Å². The van der Waals surface area contributed by atoms with Crippen LogP contribution in [0.2, 0.25) is 0 Å². The van der Waals surface area contributed by atoms with Crippen LogP contribution in [0.4, 0.5) is 9.18 Å². The number of fused-ring (bicyclic) bond motifs is 2. The van der Waals surface area contributed by atoms with Gasteiger partial charge in [-0.1, -0.05) is 18.2 Å². The quantitative estimate of drug-likeness (QED) is 0.361. The standard InChI is InChI=1S/C25H23FO5/c1-13-10-17-18(11-14(13)2)22(30-24(28)31-25(3,4)5)19-12-29-23(27)21(19)20(17)15-6-8-16(26)9-7-15/h6-11H,12H2,1-5H3. The molecule has 1 aliphatic heterocycles. The van der Waals surface area contributed by atoms with Crippen LogP contribution in [0.15, 0.2) is 36.4 Å². The minimum Gasteiger partial charge on any atom is -0.457 e. The Morgan fingerprint density at radius 2 is 1.61 bits per heavy atom. The summed E-state index contributed by atoms with van der Waals surface area (Å²) in [5.74, 6) is -0.633. The number of hydrogen-bond acceptors (Lipinski definition) is 5. The van der Waals surface area contributed by atoms with E-state index in [2.05, 4.69) is 0 Å². The number of esters is 1. The molecule has 160 valence electrons. The van der Waals surface area contributed by atoms with Crippen LogP contribution in [0, 0.1) is 19.7 Å². The molecule has 0 aromatic heterocycles. The highest BCUT2D eigenvalue weighted by Crippen LogP contribution is 2.45. The summed E-state index contributed by atoms with van der Waals surface area (Å²) in [6.45, 7) is 9.13. The molecule has 1 aliphatic rings. The summed E-state index contributed by atoms with van der Waals surface area (Å²) in [5.41, 5.74) is 3.37. The number of cyclic esters (lactones) is 1. The van der Waals surface area contributed by atoms with Gasteiger partial charge < -0.3 is 14.2 Å². The number of hydrogen-bond donors (Lipinski definition) is 0. The second-order valence-electron chi connectivity index (χ2n) is 8.69. The molecule has 3 aromatic carbocycles. The van der Waals surface area contributed by atoms with E-state index in [0.717, 1.165) is 11.1 Å². The van der Waals surface area contributed by atoms with Gasteiger partial charge in [0.05, 0.1) is 5.56 Å². The molecule has 0 amide bonds. The van der Waals surface area contributed by atoms with Crippen molar-refractivity contribution in [2.45, 2.75) is 46.8 Å². The summed E-state index contributed by atoms with van der Waals surface area (Å²) in [7, 11) is 0. The van der Waals surface area contributed by atoms with E-state index in [-0.39, 0.29) is 18.2 Å². The van der Waals surface area contributed by atoms with Gasteiger partial charge in [0, 0.05) is 16.5 Å². The van der Waals surface area contributed by atoms with Crippen LogP contribution in [0.3, 0.4) is 0 Å². The van der Waals surface area contributed by atoms with Crippen LogP contribution in [0.25, 0.3) is 21.9 Å². The second kappa shape index (κ2) is 7.38. The Labute approximate surface area is 179 Å². The fourth-order valence-corrected chi connectivity index (χ4v) is 3.73. The van der Waals surface area contributed by atoms with Gasteiger partial charge in [-0.3, -0.25) is 0 Å². The van der Waals surface area contributed by atoms with Crippen molar-refractivity contribution in [3.8, 4) is 16.9 Å². The fourth-order valence-electron chi connectivity index (χ4n) is 3.73. The topological polar surface area (TPSA) is 61.8 Å². The number of ether oxygens (including phenoxy) is 3. The van der Waals surface area contributed by atoms with Crippen molar-refractivity contribution in [3.63, 3.8) is 0 Å². The second-order valence-corrected chi connectivity index (χ2v) is 8.69. The number of carbonyl (C=O) groups excluding carboxylic acids is 2. The van der Waals surface area contributed by atoms with Crippen molar-refractivity contribution in [1.29, 1.82) is 0 Å². The van der Waals surface area contributed by atoms with E-state index in [1.54, 1.807) is 32.9 Å². The Bertz CT molecular complexity index is 1220. The molecule has 5 nitrogen and oxygen atoms in total. The molecule has 1 heterocycles. The molecular formula is C25H23FO5. The van der Waals surface area contributed by atoms with Gasteiger partial charge in [0.15, 0.2) is 0 Å². The molecule has 0 spiro atoms. The first-order chi connectivity index (χ1) is 14.5. The first-order valence-electron chi connectivity index (χ1n) is 9.99. The first-order valence-corrected chi connectivity index (χ1v) is 9.99. The maximum absolute atomic E-state index is 13.6. The predicted molar refractivity (Wildman–Crippen MR) is 115 cm³/mol. The highest BCUT2D eigenvalue weighted by Gasteiger charge is 2.33. The summed E-state index contributed by atoms with van der Waals surface area (Å²) >= 11 is 0. The Hall–Kier alpha value is -3.41. The van der Waals surface area contributed by atoms with Crippen LogP contribution in [0.5, 0.6) is 5.75 Å². The summed E-state index contributed by atoms with van der Waals surface area (Å²) in [4.78, 5) is 25.2. The van der Waals surface area contributed by atoms with Gasteiger partial charge in [-0.15, -0.1) is 0 Å². The van der Waals surface area contributed by atoms with Gasteiger partial charge in [-0.2, -0.15) is 0 Å². The lowest BCUT2D eigenvalue weighted by atomic mass is 9.88. The van der Waals surface area contributed by atoms with Gasteiger partial charge in [0.1, 0.15) is 23.8 Å². The van der Waals surface area contributed by atoms with Gasteiger partial charge in [0.25, 0.3) is 0 Å². The average Bonchev–Trinajstić information content (AvgIpc) is 3.04. The SMILES string of the molecule is Cc1cc2c(OC(=O)OC(C)(C)C)c3c(c(-c4ccc(F)cc4)c2cc1C)C(=O)OC3.